The maximum Gasteiger partial charge on any atom is 0.230 e. The zero-order valence-electron chi connectivity index (χ0n) is 12.1. The van der Waals surface area contributed by atoms with E-state index in [-0.39, 0.29) is 5.91 Å². The summed E-state index contributed by atoms with van der Waals surface area (Å²) in [6.07, 6.45) is 3.35. The Morgan fingerprint density at radius 3 is 3.24 bits per heavy atom. The second-order valence-electron chi connectivity index (χ2n) is 6.50. The van der Waals surface area contributed by atoms with Gasteiger partial charge in [-0.25, -0.2) is 0 Å². The van der Waals surface area contributed by atoms with Crippen molar-refractivity contribution in [2.24, 2.45) is 11.3 Å². The van der Waals surface area contributed by atoms with Crippen LogP contribution in [-0.4, -0.2) is 37.4 Å². The van der Waals surface area contributed by atoms with E-state index in [1.54, 1.807) is 0 Å². The van der Waals surface area contributed by atoms with E-state index in [9.17, 15) is 4.79 Å². The Hall–Kier alpha value is -1.40. The fraction of sp³-hybridized carbons (Fsp3) is 0.733. The van der Waals surface area contributed by atoms with Gasteiger partial charge in [-0.1, -0.05) is 5.16 Å². The Balaban J connectivity index is 1.40. The molecule has 3 aliphatic rings. The van der Waals surface area contributed by atoms with Crippen molar-refractivity contribution in [3.63, 3.8) is 0 Å². The molecule has 1 amide bonds. The van der Waals surface area contributed by atoms with Crippen molar-refractivity contribution >= 4 is 5.91 Å². The maximum atomic E-state index is 12.6. The zero-order chi connectivity index (χ0) is 14.3. The van der Waals surface area contributed by atoms with Crippen LogP contribution in [0.5, 0.6) is 0 Å². The molecule has 21 heavy (non-hydrogen) atoms. The van der Waals surface area contributed by atoms with Gasteiger partial charge in [0.05, 0.1) is 24.3 Å². The van der Waals surface area contributed by atoms with Crippen LogP contribution in [-0.2, 0) is 16.1 Å². The van der Waals surface area contributed by atoms with Gasteiger partial charge in [0.2, 0.25) is 5.91 Å². The van der Waals surface area contributed by atoms with Gasteiger partial charge < -0.3 is 19.9 Å². The van der Waals surface area contributed by atoms with E-state index in [0.717, 1.165) is 31.0 Å². The molecular weight excluding hydrogens is 270 g/mol. The van der Waals surface area contributed by atoms with E-state index in [2.05, 4.69) is 15.8 Å². The molecule has 2 atom stereocenters. The van der Waals surface area contributed by atoms with Crippen molar-refractivity contribution in [1.29, 1.82) is 0 Å². The van der Waals surface area contributed by atoms with Gasteiger partial charge in [0.25, 0.3) is 0 Å². The van der Waals surface area contributed by atoms with Gasteiger partial charge in [0, 0.05) is 25.1 Å². The monoisotopic (exact) mass is 291 g/mol. The van der Waals surface area contributed by atoms with Crippen molar-refractivity contribution in [1.82, 2.24) is 15.8 Å². The third-order valence-electron chi connectivity index (χ3n) is 5.03. The number of nitrogens with one attached hydrogen (secondary N) is 2. The second-order valence-corrected chi connectivity index (χ2v) is 6.50. The molecule has 1 saturated carbocycles. The summed E-state index contributed by atoms with van der Waals surface area (Å²) in [4.78, 5) is 12.6. The molecule has 6 heteroatoms. The Morgan fingerprint density at radius 2 is 2.38 bits per heavy atom. The molecule has 1 aliphatic carbocycles. The highest BCUT2D eigenvalue weighted by atomic mass is 16.5. The molecule has 2 saturated heterocycles. The van der Waals surface area contributed by atoms with Crippen LogP contribution in [0.15, 0.2) is 10.6 Å². The second kappa shape index (κ2) is 5.10. The molecule has 2 N–H and O–H groups in total. The van der Waals surface area contributed by atoms with Crippen LogP contribution in [0.2, 0.25) is 0 Å². The Kier molecular flexibility index (Phi) is 3.23. The minimum atomic E-state index is -0.405. The van der Waals surface area contributed by atoms with Crippen molar-refractivity contribution in [3.8, 4) is 0 Å². The number of ether oxygens (including phenoxy) is 1. The number of rotatable bonds is 4. The SMILES string of the molecule is O=C(NCc1cc(C2CC2)no1)[C@]12CNC[C@H]1CCOC2. The van der Waals surface area contributed by atoms with Crippen molar-refractivity contribution in [3.05, 3.63) is 17.5 Å². The summed E-state index contributed by atoms with van der Waals surface area (Å²) < 4.78 is 10.9. The number of hydrogen-bond donors (Lipinski definition) is 2. The molecule has 0 unspecified atom stereocenters. The third kappa shape index (κ3) is 2.36. The maximum absolute atomic E-state index is 12.6. The minimum absolute atomic E-state index is 0.0709. The average Bonchev–Trinajstić information content (AvgIpc) is 3.09. The largest absolute Gasteiger partial charge is 0.380 e. The summed E-state index contributed by atoms with van der Waals surface area (Å²) >= 11 is 0. The highest BCUT2D eigenvalue weighted by Gasteiger charge is 2.50. The smallest absolute Gasteiger partial charge is 0.230 e. The van der Waals surface area contributed by atoms with Crippen LogP contribution < -0.4 is 10.6 Å². The number of carbonyl (C=O) groups excluding carboxylic acids is 1. The van der Waals surface area contributed by atoms with Crippen LogP contribution in [0.4, 0.5) is 0 Å². The minimum Gasteiger partial charge on any atom is -0.380 e. The van der Waals surface area contributed by atoms with Crippen molar-refractivity contribution < 1.29 is 14.1 Å². The number of aromatic nitrogens is 1. The highest BCUT2D eigenvalue weighted by molar-refractivity contribution is 5.84. The van der Waals surface area contributed by atoms with Gasteiger partial charge in [-0.05, 0) is 31.7 Å². The molecule has 114 valence electrons. The molecule has 3 fully saturated rings. The van der Waals surface area contributed by atoms with Crippen LogP contribution >= 0.6 is 0 Å². The molecule has 0 radical (unpaired) electrons. The number of carbonyl (C=O) groups is 1. The summed E-state index contributed by atoms with van der Waals surface area (Å²) in [6, 6.07) is 1.97. The average molecular weight is 291 g/mol. The Morgan fingerprint density at radius 1 is 1.48 bits per heavy atom. The fourth-order valence-corrected chi connectivity index (χ4v) is 3.49. The molecule has 0 spiro atoms. The standard InChI is InChI=1S/C15H21N3O3/c19-14(15-8-16-6-11(15)3-4-20-9-15)17-7-12-5-13(18-21-12)10-1-2-10/h5,10-11,16H,1-4,6-9H2,(H,17,19)/t11-,15+/m1/s1. The molecule has 6 nitrogen and oxygen atoms in total. The van der Waals surface area contributed by atoms with Gasteiger partial charge in [0.15, 0.2) is 5.76 Å². The fourth-order valence-electron chi connectivity index (χ4n) is 3.49. The summed E-state index contributed by atoms with van der Waals surface area (Å²) in [5, 5.41) is 10.4. The van der Waals surface area contributed by atoms with Gasteiger partial charge in [-0.3, -0.25) is 4.79 Å². The molecule has 0 bridgehead atoms. The van der Waals surface area contributed by atoms with E-state index in [0.29, 0.717) is 31.5 Å². The van der Waals surface area contributed by atoms with Crippen LogP contribution in [0.1, 0.15) is 36.6 Å². The molecule has 2 aliphatic heterocycles. The van der Waals surface area contributed by atoms with Crippen LogP contribution in [0, 0.1) is 11.3 Å². The lowest BCUT2D eigenvalue weighted by Crippen LogP contribution is -2.51. The lowest BCUT2D eigenvalue weighted by atomic mass is 9.75. The summed E-state index contributed by atoms with van der Waals surface area (Å²) in [7, 11) is 0. The first kappa shape index (κ1) is 13.3. The van der Waals surface area contributed by atoms with Gasteiger partial charge >= 0.3 is 0 Å². The first-order chi connectivity index (χ1) is 10.3. The van der Waals surface area contributed by atoms with E-state index >= 15 is 0 Å². The van der Waals surface area contributed by atoms with E-state index in [4.69, 9.17) is 9.26 Å². The van der Waals surface area contributed by atoms with Crippen LogP contribution in [0.3, 0.4) is 0 Å². The summed E-state index contributed by atoms with van der Waals surface area (Å²) in [5.74, 6) is 1.76. The molecule has 1 aromatic rings. The normalized spacial score (nSPS) is 31.9. The Bertz CT molecular complexity index is 540. The zero-order valence-corrected chi connectivity index (χ0v) is 12.1. The topological polar surface area (TPSA) is 76.4 Å². The highest BCUT2D eigenvalue weighted by Crippen LogP contribution is 2.40. The molecule has 3 heterocycles. The Labute approximate surface area is 123 Å². The van der Waals surface area contributed by atoms with Crippen molar-refractivity contribution in [2.45, 2.75) is 31.7 Å². The predicted octanol–water partition coefficient (Wildman–Crippen LogP) is 0.794. The molecule has 0 aromatic carbocycles. The van der Waals surface area contributed by atoms with Gasteiger partial charge in [0.1, 0.15) is 0 Å². The van der Waals surface area contributed by atoms with Crippen molar-refractivity contribution in [2.75, 3.05) is 26.3 Å². The number of hydrogen-bond acceptors (Lipinski definition) is 5. The molecule has 1 aromatic heterocycles. The van der Waals surface area contributed by atoms with Crippen LogP contribution in [0.25, 0.3) is 0 Å². The van der Waals surface area contributed by atoms with E-state index in [1.165, 1.54) is 12.8 Å². The van der Waals surface area contributed by atoms with Gasteiger partial charge in [-0.2, -0.15) is 0 Å². The molecule has 4 rings (SSSR count). The number of amides is 1. The first-order valence-corrected chi connectivity index (χ1v) is 7.80. The summed E-state index contributed by atoms with van der Waals surface area (Å²) in [5.41, 5.74) is 0.622. The molecular formula is C15H21N3O3. The van der Waals surface area contributed by atoms with E-state index in [1.807, 2.05) is 6.07 Å². The predicted molar refractivity (Wildman–Crippen MR) is 74.6 cm³/mol. The first-order valence-electron chi connectivity index (χ1n) is 7.80. The third-order valence-corrected chi connectivity index (χ3v) is 5.03. The number of fused-ring (bicyclic) bond motifs is 1. The van der Waals surface area contributed by atoms with Gasteiger partial charge in [-0.15, -0.1) is 0 Å². The van der Waals surface area contributed by atoms with E-state index < -0.39 is 5.41 Å². The summed E-state index contributed by atoms with van der Waals surface area (Å²) in [6.45, 7) is 3.29. The number of nitrogens with zero attached hydrogens (tertiary/aromatic N) is 1. The quantitative estimate of drug-likeness (QED) is 0.858. The lowest BCUT2D eigenvalue weighted by molar-refractivity contribution is -0.141. The lowest BCUT2D eigenvalue weighted by Gasteiger charge is -2.36.